The molecule has 0 saturated carbocycles. The fourth-order valence-electron chi connectivity index (χ4n) is 2.71. The monoisotopic (exact) mass is 377 g/mol. The highest BCUT2D eigenvalue weighted by Gasteiger charge is 2.29. The lowest BCUT2D eigenvalue weighted by atomic mass is 10.2. The molecule has 1 fully saturated rings. The van der Waals surface area contributed by atoms with Gasteiger partial charge < -0.3 is 5.32 Å². The van der Waals surface area contributed by atoms with Crippen molar-refractivity contribution in [3.05, 3.63) is 36.7 Å². The summed E-state index contributed by atoms with van der Waals surface area (Å²) < 4.78 is 27.4. The summed E-state index contributed by atoms with van der Waals surface area (Å²) in [6.07, 6.45) is 4.25. The van der Waals surface area contributed by atoms with Crippen LogP contribution in [0, 0.1) is 0 Å². The number of sulfonamides is 1. The maximum Gasteiger partial charge on any atom is 0.243 e. The van der Waals surface area contributed by atoms with Crippen molar-refractivity contribution in [3.63, 3.8) is 0 Å². The fraction of sp³-hybridized carbons (Fsp3) is 0.400. The third-order valence-corrected chi connectivity index (χ3v) is 5.89. The van der Waals surface area contributed by atoms with Gasteiger partial charge in [-0.05, 0) is 43.5 Å². The van der Waals surface area contributed by atoms with Gasteiger partial charge in [-0.1, -0.05) is 6.07 Å². The maximum absolute atomic E-state index is 12.9. The predicted octanol–water partition coefficient (Wildman–Crippen LogP) is 2.45. The molecule has 8 heteroatoms. The molecule has 1 N–H and O–H groups in total. The number of fused-ring (bicyclic) bond motifs is 1. The first-order chi connectivity index (χ1) is 10.1. The average Bonchev–Trinajstić information content (AvgIpc) is 2.71. The Hall–Kier alpha value is -0.920. The molecule has 0 amide bonds. The number of hydrogen-bond donors (Lipinski definition) is 1. The standard InChI is InChI=1S/C15H19N3O2S.2ClH/c1-12-10-16-6-2-8-18(12)21(19,20)15-4-3-14-11-17-7-5-13(14)9-15;;/h3-5,7,9,11-12,16H,2,6,8,10H2,1H3;2*1H/t12-;;/m0../s1. The smallest absolute Gasteiger partial charge is 0.243 e. The average molecular weight is 378 g/mol. The van der Waals surface area contributed by atoms with Crippen LogP contribution in [-0.2, 0) is 10.0 Å². The summed E-state index contributed by atoms with van der Waals surface area (Å²) in [7, 11) is -3.45. The molecule has 0 spiro atoms. The van der Waals surface area contributed by atoms with Crippen molar-refractivity contribution in [1.29, 1.82) is 0 Å². The summed E-state index contributed by atoms with van der Waals surface area (Å²) in [6.45, 7) is 4.06. The van der Waals surface area contributed by atoms with E-state index in [1.807, 2.05) is 19.1 Å². The minimum absolute atomic E-state index is 0. The Balaban J connectivity index is 0.00000132. The van der Waals surface area contributed by atoms with Crippen LogP contribution in [0.4, 0.5) is 0 Å². The Morgan fingerprint density at radius 3 is 2.78 bits per heavy atom. The van der Waals surface area contributed by atoms with Crippen molar-refractivity contribution in [1.82, 2.24) is 14.6 Å². The van der Waals surface area contributed by atoms with Gasteiger partial charge in [0.2, 0.25) is 10.0 Å². The van der Waals surface area contributed by atoms with Crippen LogP contribution >= 0.6 is 24.8 Å². The molecule has 23 heavy (non-hydrogen) atoms. The molecule has 1 aliphatic heterocycles. The van der Waals surface area contributed by atoms with Crippen LogP contribution < -0.4 is 5.32 Å². The second-order valence-corrected chi connectivity index (χ2v) is 7.30. The van der Waals surface area contributed by atoms with E-state index in [9.17, 15) is 8.42 Å². The van der Waals surface area contributed by atoms with Crippen LogP contribution in [0.3, 0.4) is 0 Å². The minimum atomic E-state index is -3.45. The van der Waals surface area contributed by atoms with E-state index in [0.717, 1.165) is 23.7 Å². The van der Waals surface area contributed by atoms with Crippen LogP contribution in [0.1, 0.15) is 13.3 Å². The van der Waals surface area contributed by atoms with Crippen molar-refractivity contribution in [2.75, 3.05) is 19.6 Å². The molecule has 128 valence electrons. The SMILES string of the molecule is C[C@H]1CNCCCN1S(=O)(=O)c1ccc2cnccc2c1.Cl.Cl. The zero-order chi connectivity index (χ0) is 14.9. The molecule has 0 unspecified atom stereocenters. The van der Waals surface area contributed by atoms with E-state index >= 15 is 0 Å². The van der Waals surface area contributed by atoms with Crippen LogP contribution in [0.15, 0.2) is 41.6 Å². The number of halogens is 2. The van der Waals surface area contributed by atoms with Gasteiger partial charge in [0, 0.05) is 36.9 Å². The van der Waals surface area contributed by atoms with Crippen molar-refractivity contribution in [3.8, 4) is 0 Å². The van der Waals surface area contributed by atoms with Crippen molar-refractivity contribution in [2.45, 2.75) is 24.3 Å². The second kappa shape index (κ2) is 8.26. The molecule has 1 saturated heterocycles. The lowest BCUT2D eigenvalue weighted by molar-refractivity contribution is 0.353. The van der Waals surface area contributed by atoms with E-state index in [4.69, 9.17) is 0 Å². The first kappa shape index (κ1) is 20.1. The van der Waals surface area contributed by atoms with Crippen LogP contribution in [0.25, 0.3) is 10.8 Å². The second-order valence-electron chi connectivity index (χ2n) is 5.41. The molecule has 3 rings (SSSR count). The highest BCUT2D eigenvalue weighted by Crippen LogP contribution is 2.23. The van der Waals surface area contributed by atoms with Crippen LogP contribution in [0.2, 0.25) is 0 Å². The normalized spacial score (nSPS) is 19.4. The van der Waals surface area contributed by atoms with E-state index < -0.39 is 10.0 Å². The molecule has 1 aromatic heterocycles. The lowest BCUT2D eigenvalue weighted by Crippen LogP contribution is -2.41. The number of hydrogen-bond acceptors (Lipinski definition) is 4. The molecular weight excluding hydrogens is 357 g/mol. The Bertz CT molecular complexity index is 755. The van der Waals surface area contributed by atoms with Gasteiger partial charge in [-0.2, -0.15) is 4.31 Å². The lowest BCUT2D eigenvalue weighted by Gasteiger charge is -2.26. The van der Waals surface area contributed by atoms with Crippen LogP contribution in [-0.4, -0.2) is 43.4 Å². The number of nitrogens with zero attached hydrogens (tertiary/aromatic N) is 2. The number of aromatic nitrogens is 1. The van der Waals surface area contributed by atoms with Gasteiger partial charge in [0.25, 0.3) is 0 Å². The molecular formula is C15H21Cl2N3O2S. The number of pyridine rings is 1. The summed E-state index contributed by atoms with van der Waals surface area (Å²) in [5.74, 6) is 0. The molecule has 5 nitrogen and oxygen atoms in total. The number of rotatable bonds is 2. The topological polar surface area (TPSA) is 62.3 Å². The third kappa shape index (κ3) is 4.14. The number of benzene rings is 1. The highest BCUT2D eigenvalue weighted by molar-refractivity contribution is 7.89. The Kier molecular flexibility index (Phi) is 7.23. The van der Waals surface area contributed by atoms with Gasteiger partial charge in [0.05, 0.1) is 4.90 Å². The molecule has 1 atom stereocenters. The van der Waals surface area contributed by atoms with Gasteiger partial charge in [-0.15, -0.1) is 24.8 Å². The van der Waals surface area contributed by atoms with E-state index in [2.05, 4.69) is 10.3 Å². The van der Waals surface area contributed by atoms with E-state index in [-0.39, 0.29) is 30.9 Å². The summed E-state index contributed by atoms with van der Waals surface area (Å²) in [5.41, 5.74) is 0. The summed E-state index contributed by atoms with van der Waals surface area (Å²) in [6, 6.07) is 7.02. The third-order valence-electron chi connectivity index (χ3n) is 3.88. The van der Waals surface area contributed by atoms with E-state index in [1.54, 1.807) is 28.8 Å². The molecule has 0 aliphatic carbocycles. The molecule has 2 heterocycles. The van der Waals surface area contributed by atoms with Gasteiger partial charge >= 0.3 is 0 Å². The zero-order valence-electron chi connectivity index (χ0n) is 12.8. The van der Waals surface area contributed by atoms with Crippen molar-refractivity contribution < 1.29 is 8.42 Å². The highest BCUT2D eigenvalue weighted by atomic mass is 35.5. The van der Waals surface area contributed by atoms with E-state index in [1.165, 1.54) is 0 Å². The summed E-state index contributed by atoms with van der Waals surface area (Å²) in [4.78, 5) is 4.41. The maximum atomic E-state index is 12.9. The minimum Gasteiger partial charge on any atom is -0.315 e. The molecule has 0 radical (unpaired) electrons. The van der Waals surface area contributed by atoms with Crippen molar-refractivity contribution in [2.24, 2.45) is 0 Å². The molecule has 1 aromatic carbocycles. The molecule has 0 bridgehead atoms. The first-order valence-corrected chi connectivity index (χ1v) is 8.59. The van der Waals surface area contributed by atoms with Crippen LogP contribution in [0.5, 0.6) is 0 Å². The number of nitrogens with one attached hydrogen (secondary N) is 1. The van der Waals surface area contributed by atoms with Gasteiger partial charge in [-0.3, -0.25) is 4.98 Å². The predicted molar refractivity (Wildman–Crippen MR) is 97.1 cm³/mol. The Morgan fingerprint density at radius 2 is 2.00 bits per heavy atom. The zero-order valence-corrected chi connectivity index (χ0v) is 15.3. The summed E-state index contributed by atoms with van der Waals surface area (Å²) >= 11 is 0. The Morgan fingerprint density at radius 1 is 1.22 bits per heavy atom. The Labute approximate surface area is 149 Å². The first-order valence-electron chi connectivity index (χ1n) is 7.15. The van der Waals surface area contributed by atoms with E-state index in [0.29, 0.717) is 18.0 Å². The van der Waals surface area contributed by atoms with Gasteiger partial charge in [-0.25, -0.2) is 8.42 Å². The molecule has 1 aliphatic rings. The molecule has 2 aromatic rings. The largest absolute Gasteiger partial charge is 0.315 e. The van der Waals surface area contributed by atoms with Gasteiger partial charge in [0.15, 0.2) is 0 Å². The fourth-order valence-corrected chi connectivity index (χ4v) is 4.41. The van der Waals surface area contributed by atoms with Gasteiger partial charge in [0.1, 0.15) is 0 Å². The quantitative estimate of drug-likeness (QED) is 0.872. The summed E-state index contributed by atoms with van der Waals surface area (Å²) in [5, 5.41) is 5.11. The van der Waals surface area contributed by atoms with Crippen molar-refractivity contribution >= 4 is 45.6 Å².